The Morgan fingerprint density at radius 1 is 1.15 bits per heavy atom. The number of nitrogens with zero attached hydrogens (tertiary/aromatic N) is 2. The zero-order chi connectivity index (χ0) is 13.9. The highest BCUT2D eigenvalue weighted by atomic mass is 16.5. The van der Waals surface area contributed by atoms with E-state index in [4.69, 9.17) is 10.3 Å². The molecule has 1 unspecified atom stereocenters. The maximum absolute atomic E-state index is 6.31. The largest absolute Gasteiger partial charge is 0.339 e. The van der Waals surface area contributed by atoms with Crippen LogP contribution in [0.5, 0.6) is 0 Å². The van der Waals surface area contributed by atoms with Crippen molar-refractivity contribution >= 4 is 10.8 Å². The quantitative estimate of drug-likeness (QED) is 0.788. The summed E-state index contributed by atoms with van der Waals surface area (Å²) < 4.78 is 5.22. The Labute approximate surface area is 117 Å². The lowest BCUT2D eigenvalue weighted by atomic mass is 9.99. The zero-order valence-electron chi connectivity index (χ0n) is 11.4. The van der Waals surface area contributed by atoms with E-state index in [1.807, 2.05) is 24.3 Å². The van der Waals surface area contributed by atoms with Crippen LogP contribution in [0.15, 0.2) is 47.0 Å². The topological polar surface area (TPSA) is 64.9 Å². The Morgan fingerprint density at radius 3 is 2.80 bits per heavy atom. The van der Waals surface area contributed by atoms with Crippen LogP contribution in [0.1, 0.15) is 36.7 Å². The van der Waals surface area contributed by atoms with Gasteiger partial charge < -0.3 is 10.3 Å². The van der Waals surface area contributed by atoms with Crippen molar-refractivity contribution in [1.82, 2.24) is 10.1 Å². The SMILES string of the molecule is CCCc1nc(C(N)c2cccc3ccccc23)no1. The predicted molar refractivity (Wildman–Crippen MR) is 78.3 cm³/mol. The Morgan fingerprint density at radius 2 is 1.95 bits per heavy atom. The average molecular weight is 267 g/mol. The van der Waals surface area contributed by atoms with E-state index in [1.54, 1.807) is 0 Å². The zero-order valence-corrected chi connectivity index (χ0v) is 11.4. The van der Waals surface area contributed by atoms with Crippen LogP contribution in [0.4, 0.5) is 0 Å². The normalized spacial score (nSPS) is 12.7. The third-order valence-electron chi connectivity index (χ3n) is 3.38. The van der Waals surface area contributed by atoms with Crippen LogP contribution in [0.3, 0.4) is 0 Å². The first-order valence-corrected chi connectivity index (χ1v) is 6.85. The fourth-order valence-corrected chi connectivity index (χ4v) is 2.37. The lowest BCUT2D eigenvalue weighted by molar-refractivity contribution is 0.370. The van der Waals surface area contributed by atoms with Crippen molar-refractivity contribution < 1.29 is 4.52 Å². The molecule has 0 radical (unpaired) electrons. The summed E-state index contributed by atoms with van der Waals surface area (Å²) in [6.45, 7) is 2.08. The molecule has 4 heteroatoms. The Balaban J connectivity index is 2.01. The van der Waals surface area contributed by atoms with Gasteiger partial charge in [-0.3, -0.25) is 0 Å². The summed E-state index contributed by atoms with van der Waals surface area (Å²) in [7, 11) is 0. The van der Waals surface area contributed by atoms with E-state index < -0.39 is 0 Å². The fourth-order valence-electron chi connectivity index (χ4n) is 2.37. The third kappa shape index (κ3) is 2.30. The average Bonchev–Trinajstić information content (AvgIpc) is 2.95. The second-order valence-corrected chi connectivity index (χ2v) is 4.84. The first-order valence-electron chi connectivity index (χ1n) is 6.85. The van der Waals surface area contributed by atoms with Crippen molar-refractivity contribution in [2.24, 2.45) is 5.73 Å². The van der Waals surface area contributed by atoms with Crippen LogP contribution in [-0.2, 0) is 6.42 Å². The van der Waals surface area contributed by atoms with Gasteiger partial charge in [0.15, 0.2) is 5.82 Å². The molecule has 2 aromatic carbocycles. The van der Waals surface area contributed by atoms with Crippen LogP contribution in [0, 0.1) is 0 Å². The number of hydrogen-bond donors (Lipinski definition) is 1. The smallest absolute Gasteiger partial charge is 0.226 e. The summed E-state index contributed by atoms with van der Waals surface area (Å²) in [5.41, 5.74) is 7.33. The number of aryl methyl sites for hydroxylation is 1. The molecule has 3 aromatic rings. The first-order chi connectivity index (χ1) is 9.79. The molecule has 0 amide bonds. The molecule has 102 valence electrons. The van der Waals surface area contributed by atoms with E-state index in [0.717, 1.165) is 29.2 Å². The third-order valence-corrected chi connectivity index (χ3v) is 3.38. The van der Waals surface area contributed by atoms with E-state index in [9.17, 15) is 0 Å². The number of benzene rings is 2. The molecule has 2 N–H and O–H groups in total. The Hall–Kier alpha value is -2.20. The number of hydrogen-bond acceptors (Lipinski definition) is 4. The number of fused-ring (bicyclic) bond motifs is 1. The van der Waals surface area contributed by atoms with Gasteiger partial charge in [0.1, 0.15) is 0 Å². The summed E-state index contributed by atoms with van der Waals surface area (Å²) >= 11 is 0. The molecule has 0 aliphatic rings. The van der Waals surface area contributed by atoms with Crippen molar-refractivity contribution in [3.05, 3.63) is 59.7 Å². The van der Waals surface area contributed by atoms with Crippen LogP contribution >= 0.6 is 0 Å². The van der Waals surface area contributed by atoms with Crippen molar-refractivity contribution in [2.75, 3.05) is 0 Å². The number of rotatable bonds is 4. The highest BCUT2D eigenvalue weighted by molar-refractivity contribution is 5.86. The molecule has 4 nitrogen and oxygen atoms in total. The minimum atomic E-state index is -0.365. The summed E-state index contributed by atoms with van der Waals surface area (Å²) in [5, 5.41) is 6.30. The molecular formula is C16H17N3O. The molecule has 1 aromatic heterocycles. The van der Waals surface area contributed by atoms with Gasteiger partial charge in [-0.1, -0.05) is 54.5 Å². The molecule has 1 atom stereocenters. The van der Waals surface area contributed by atoms with Crippen molar-refractivity contribution in [2.45, 2.75) is 25.8 Å². The Bertz CT molecular complexity index is 715. The standard InChI is InChI=1S/C16H17N3O/c1-2-6-14-18-16(19-20-14)15(17)13-10-5-8-11-7-3-4-9-12(11)13/h3-5,7-10,15H,2,6,17H2,1H3. The molecule has 0 aliphatic carbocycles. The fraction of sp³-hybridized carbons (Fsp3) is 0.250. The van der Waals surface area contributed by atoms with E-state index in [0.29, 0.717) is 11.7 Å². The van der Waals surface area contributed by atoms with E-state index >= 15 is 0 Å². The molecular weight excluding hydrogens is 250 g/mol. The second kappa shape index (κ2) is 5.43. The van der Waals surface area contributed by atoms with Gasteiger partial charge in [0.2, 0.25) is 5.89 Å². The highest BCUT2D eigenvalue weighted by Gasteiger charge is 2.17. The minimum Gasteiger partial charge on any atom is -0.339 e. The minimum absolute atomic E-state index is 0.365. The first kappa shape index (κ1) is 12.8. The molecule has 20 heavy (non-hydrogen) atoms. The van der Waals surface area contributed by atoms with E-state index in [1.165, 1.54) is 0 Å². The molecule has 0 saturated heterocycles. The van der Waals surface area contributed by atoms with Gasteiger partial charge in [0.05, 0.1) is 6.04 Å². The predicted octanol–water partition coefficient (Wildman–Crippen LogP) is 3.22. The molecule has 0 aliphatic heterocycles. The van der Waals surface area contributed by atoms with Crippen molar-refractivity contribution in [1.29, 1.82) is 0 Å². The van der Waals surface area contributed by atoms with Gasteiger partial charge in [-0.15, -0.1) is 0 Å². The van der Waals surface area contributed by atoms with Gasteiger partial charge in [-0.2, -0.15) is 4.98 Å². The molecule has 0 fully saturated rings. The maximum Gasteiger partial charge on any atom is 0.226 e. The maximum atomic E-state index is 6.31. The second-order valence-electron chi connectivity index (χ2n) is 4.84. The van der Waals surface area contributed by atoms with Crippen LogP contribution in [-0.4, -0.2) is 10.1 Å². The monoisotopic (exact) mass is 267 g/mol. The van der Waals surface area contributed by atoms with Crippen LogP contribution in [0.25, 0.3) is 10.8 Å². The molecule has 0 spiro atoms. The van der Waals surface area contributed by atoms with Crippen LogP contribution in [0.2, 0.25) is 0 Å². The van der Waals surface area contributed by atoms with Gasteiger partial charge in [0, 0.05) is 6.42 Å². The lowest BCUT2D eigenvalue weighted by Gasteiger charge is -2.11. The summed E-state index contributed by atoms with van der Waals surface area (Å²) in [4.78, 5) is 4.38. The summed E-state index contributed by atoms with van der Waals surface area (Å²) in [5.74, 6) is 1.20. The Kier molecular flexibility index (Phi) is 3.48. The lowest BCUT2D eigenvalue weighted by Crippen LogP contribution is -2.14. The highest BCUT2D eigenvalue weighted by Crippen LogP contribution is 2.26. The van der Waals surface area contributed by atoms with Crippen LogP contribution < -0.4 is 5.73 Å². The summed E-state index contributed by atoms with van der Waals surface area (Å²) in [6, 6.07) is 13.9. The van der Waals surface area contributed by atoms with Gasteiger partial charge in [0.25, 0.3) is 0 Å². The van der Waals surface area contributed by atoms with E-state index in [-0.39, 0.29) is 6.04 Å². The van der Waals surface area contributed by atoms with Crippen molar-refractivity contribution in [3.63, 3.8) is 0 Å². The van der Waals surface area contributed by atoms with E-state index in [2.05, 4.69) is 35.3 Å². The van der Waals surface area contributed by atoms with Gasteiger partial charge in [-0.05, 0) is 22.8 Å². The molecule has 1 heterocycles. The van der Waals surface area contributed by atoms with Gasteiger partial charge in [-0.25, -0.2) is 0 Å². The van der Waals surface area contributed by atoms with Gasteiger partial charge >= 0.3 is 0 Å². The number of nitrogens with two attached hydrogens (primary N) is 1. The molecule has 0 saturated carbocycles. The molecule has 0 bridgehead atoms. The number of aromatic nitrogens is 2. The van der Waals surface area contributed by atoms with Crippen molar-refractivity contribution in [3.8, 4) is 0 Å². The molecule has 3 rings (SSSR count). The summed E-state index contributed by atoms with van der Waals surface area (Å²) in [6.07, 6.45) is 1.76.